The zero-order valence-electron chi connectivity index (χ0n) is 24.8. The van der Waals surface area contributed by atoms with Gasteiger partial charge in [-0.25, -0.2) is 14.8 Å². The van der Waals surface area contributed by atoms with E-state index < -0.39 is 5.60 Å². The molecule has 42 heavy (non-hydrogen) atoms. The van der Waals surface area contributed by atoms with Crippen molar-refractivity contribution in [3.63, 3.8) is 0 Å². The summed E-state index contributed by atoms with van der Waals surface area (Å²) in [7, 11) is 3.52. The molecule has 222 valence electrons. The lowest BCUT2D eigenvalue weighted by atomic mass is 10.0. The monoisotopic (exact) mass is 574 g/mol. The molecule has 0 bridgehead atoms. The highest BCUT2D eigenvalue weighted by atomic mass is 16.6. The van der Waals surface area contributed by atoms with Crippen LogP contribution in [0.25, 0.3) is 11.0 Å². The second kappa shape index (κ2) is 10.6. The Bertz CT molecular complexity index is 1520. The number of nitrogens with one attached hydrogen (secondary N) is 1. The first-order chi connectivity index (χ1) is 20.0. The Morgan fingerprint density at radius 2 is 1.81 bits per heavy atom. The van der Waals surface area contributed by atoms with Crippen LogP contribution in [0.2, 0.25) is 0 Å². The molecular formula is C30H38N8O4. The van der Waals surface area contributed by atoms with Crippen molar-refractivity contribution in [3.05, 3.63) is 36.3 Å². The number of carbonyl (C=O) groups excluding carboxylic acids is 3. The Morgan fingerprint density at radius 3 is 2.45 bits per heavy atom. The molecule has 0 radical (unpaired) electrons. The number of hydrogen-bond donors (Lipinski definition) is 1. The molecule has 12 heteroatoms. The van der Waals surface area contributed by atoms with Crippen LogP contribution in [0.4, 0.5) is 22.2 Å². The molecule has 3 aliphatic rings. The predicted octanol–water partition coefficient (Wildman–Crippen LogP) is 4.22. The van der Waals surface area contributed by atoms with Gasteiger partial charge in [0.2, 0.25) is 11.9 Å². The molecule has 1 saturated carbocycles. The lowest BCUT2D eigenvalue weighted by molar-refractivity contribution is -0.120. The first kappa shape index (κ1) is 27.9. The molecule has 3 aromatic rings. The van der Waals surface area contributed by atoms with E-state index in [1.165, 1.54) is 0 Å². The summed E-state index contributed by atoms with van der Waals surface area (Å²) in [5, 5.41) is 4.00. The van der Waals surface area contributed by atoms with Gasteiger partial charge >= 0.3 is 6.09 Å². The fourth-order valence-corrected chi connectivity index (χ4v) is 6.30. The average Bonchev–Trinajstić information content (AvgIpc) is 3.72. The van der Waals surface area contributed by atoms with Crippen LogP contribution >= 0.6 is 0 Å². The van der Waals surface area contributed by atoms with Crippen LogP contribution in [-0.2, 0) is 9.53 Å². The molecule has 0 aromatic carbocycles. The van der Waals surface area contributed by atoms with Gasteiger partial charge in [-0.2, -0.15) is 4.98 Å². The summed E-state index contributed by atoms with van der Waals surface area (Å²) in [6.07, 6.45) is 7.33. The summed E-state index contributed by atoms with van der Waals surface area (Å²) >= 11 is 0. The maximum atomic E-state index is 13.2. The summed E-state index contributed by atoms with van der Waals surface area (Å²) in [6, 6.07) is 5.76. The molecule has 2 unspecified atom stereocenters. The van der Waals surface area contributed by atoms with Gasteiger partial charge < -0.3 is 29.3 Å². The van der Waals surface area contributed by atoms with E-state index in [1.54, 1.807) is 47.3 Å². The summed E-state index contributed by atoms with van der Waals surface area (Å²) in [5.74, 6) is 0.699. The number of likely N-dealkylation sites (tertiary alicyclic amines) is 1. The van der Waals surface area contributed by atoms with Crippen LogP contribution < -0.4 is 10.2 Å². The van der Waals surface area contributed by atoms with Crippen LogP contribution in [0.5, 0.6) is 0 Å². The zero-order valence-corrected chi connectivity index (χ0v) is 24.8. The van der Waals surface area contributed by atoms with Crippen molar-refractivity contribution in [1.29, 1.82) is 0 Å². The van der Waals surface area contributed by atoms with Gasteiger partial charge in [0.05, 0.1) is 17.8 Å². The van der Waals surface area contributed by atoms with Crippen molar-refractivity contribution >= 4 is 46.4 Å². The fraction of sp³-hybridized carbons (Fsp3) is 0.533. The van der Waals surface area contributed by atoms with Gasteiger partial charge in [-0.15, -0.1) is 0 Å². The lowest BCUT2D eigenvalue weighted by Gasteiger charge is -2.26. The fourth-order valence-electron chi connectivity index (χ4n) is 6.30. The molecule has 3 fully saturated rings. The molecule has 2 aliphatic heterocycles. The summed E-state index contributed by atoms with van der Waals surface area (Å²) < 4.78 is 7.57. The van der Waals surface area contributed by atoms with Crippen LogP contribution in [0.15, 0.2) is 30.6 Å². The SMILES string of the molecule is CN(C)C(=O)c1cc2cnc(Nc3ccc(N4CC5CN(C(=O)OC(C)(C)C)CC5C4=O)cn3)nc2n1C1CCCC1. The number of nitrogens with zero attached hydrogens (tertiary/aromatic N) is 7. The number of pyridine rings is 1. The predicted molar refractivity (Wildman–Crippen MR) is 158 cm³/mol. The number of fused-ring (bicyclic) bond motifs is 2. The Labute approximate surface area is 245 Å². The van der Waals surface area contributed by atoms with Crippen LogP contribution in [0.3, 0.4) is 0 Å². The summed E-state index contributed by atoms with van der Waals surface area (Å²) in [4.78, 5) is 57.5. The normalized spacial score (nSPS) is 20.8. The van der Waals surface area contributed by atoms with E-state index in [2.05, 4.69) is 19.9 Å². The third-order valence-electron chi connectivity index (χ3n) is 8.28. The van der Waals surface area contributed by atoms with Crippen molar-refractivity contribution in [2.24, 2.45) is 11.8 Å². The zero-order chi connectivity index (χ0) is 29.8. The van der Waals surface area contributed by atoms with E-state index in [0.717, 1.165) is 36.7 Å². The van der Waals surface area contributed by atoms with Crippen molar-refractivity contribution in [3.8, 4) is 0 Å². The summed E-state index contributed by atoms with van der Waals surface area (Å²) in [6.45, 7) is 6.91. The van der Waals surface area contributed by atoms with Gasteiger partial charge in [0, 0.05) is 57.3 Å². The number of anilines is 3. The third kappa shape index (κ3) is 5.25. The first-order valence-electron chi connectivity index (χ1n) is 14.6. The van der Waals surface area contributed by atoms with Gasteiger partial charge in [-0.1, -0.05) is 12.8 Å². The van der Waals surface area contributed by atoms with E-state index in [1.807, 2.05) is 32.9 Å². The number of ether oxygens (including phenoxy) is 1. The largest absolute Gasteiger partial charge is 0.444 e. The second-order valence-corrected chi connectivity index (χ2v) is 12.7. The molecule has 12 nitrogen and oxygen atoms in total. The highest BCUT2D eigenvalue weighted by molar-refractivity contribution is 5.99. The quantitative estimate of drug-likeness (QED) is 0.480. The smallest absolute Gasteiger partial charge is 0.410 e. The van der Waals surface area contributed by atoms with Crippen molar-refractivity contribution in [1.82, 2.24) is 29.3 Å². The van der Waals surface area contributed by atoms with Gasteiger partial charge in [-0.3, -0.25) is 9.59 Å². The van der Waals surface area contributed by atoms with Gasteiger partial charge in [-0.05, 0) is 51.8 Å². The van der Waals surface area contributed by atoms with Crippen molar-refractivity contribution in [2.75, 3.05) is 43.9 Å². The molecular weight excluding hydrogens is 536 g/mol. The molecule has 1 aliphatic carbocycles. The molecule has 2 saturated heterocycles. The van der Waals surface area contributed by atoms with E-state index in [0.29, 0.717) is 42.8 Å². The number of hydrogen-bond acceptors (Lipinski definition) is 8. The minimum Gasteiger partial charge on any atom is -0.444 e. The topological polar surface area (TPSA) is 126 Å². The van der Waals surface area contributed by atoms with Crippen LogP contribution in [0, 0.1) is 11.8 Å². The summed E-state index contributed by atoms with van der Waals surface area (Å²) in [5.41, 5.74) is 1.50. The number of amides is 3. The van der Waals surface area contributed by atoms with E-state index in [9.17, 15) is 14.4 Å². The lowest BCUT2D eigenvalue weighted by Crippen LogP contribution is -2.38. The Balaban J connectivity index is 1.16. The molecule has 5 heterocycles. The maximum Gasteiger partial charge on any atom is 0.410 e. The Morgan fingerprint density at radius 1 is 1.05 bits per heavy atom. The highest BCUT2D eigenvalue weighted by Gasteiger charge is 2.48. The van der Waals surface area contributed by atoms with Crippen LogP contribution in [-0.4, -0.2) is 86.6 Å². The van der Waals surface area contributed by atoms with Gasteiger partial charge in [0.15, 0.2) is 0 Å². The third-order valence-corrected chi connectivity index (χ3v) is 8.28. The highest BCUT2D eigenvalue weighted by Crippen LogP contribution is 2.37. The maximum absolute atomic E-state index is 13.2. The average molecular weight is 575 g/mol. The molecule has 2 atom stereocenters. The minimum absolute atomic E-state index is 0.00176. The molecule has 0 spiro atoms. The van der Waals surface area contributed by atoms with E-state index in [-0.39, 0.29) is 35.8 Å². The Kier molecular flexibility index (Phi) is 7.02. The second-order valence-electron chi connectivity index (χ2n) is 12.7. The molecule has 1 N–H and O–H groups in total. The van der Waals surface area contributed by atoms with E-state index >= 15 is 0 Å². The minimum atomic E-state index is -0.572. The first-order valence-corrected chi connectivity index (χ1v) is 14.6. The van der Waals surface area contributed by atoms with Crippen molar-refractivity contribution in [2.45, 2.75) is 58.1 Å². The number of aromatic nitrogens is 4. The number of carbonyl (C=O) groups is 3. The van der Waals surface area contributed by atoms with Gasteiger partial charge in [0.25, 0.3) is 5.91 Å². The Hall–Kier alpha value is -4.22. The van der Waals surface area contributed by atoms with E-state index in [4.69, 9.17) is 9.72 Å². The standard InChI is InChI=1S/C30H38N8O4/c1-30(2,3)42-29(41)36-15-19-16-37(26(39)22(19)17-36)21-10-11-24(31-14-21)33-28-32-13-18-12-23(27(40)35(4)5)38(25(18)34-28)20-8-6-7-9-20/h10-14,19-20,22H,6-9,15-17H2,1-5H3,(H,31,32,33,34). The molecule has 3 amide bonds. The molecule has 3 aromatic heterocycles. The van der Waals surface area contributed by atoms with Crippen molar-refractivity contribution < 1.29 is 19.1 Å². The number of rotatable bonds is 5. The molecule has 6 rings (SSSR count). The van der Waals surface area contributed by atoms with Gasteiger partial charge in [0.1, 0.15) is 22.8 Å². The van der Waals surface area contributed by atoms with Crippen LogP contribution in [0.1, 0.15) is 63.0 Å².